The van der Waals surface area contributed by atoms with Crippen molar-refractivity contribution in [1.82, 2.24) is 9.97 Å². The van der Waals surface area contributed by atoms with E-state index in [0.717, 1.165) is 27.0 Å². The van der Waals surface area contributed by atoms with Crippen LogP contribution in [0.1, 0.15) is 22.5 Å². The molecule has 1 aromatic heterocycles. The summed E-state index contributed by atoms with van der Waals surface area (Å²) in [5.74, 6) is 0. The molecule has 4 heteroatoms. The Bertz CT molecular complexity index is 606. The number of aromatic nitrogens is 2. The molecule has 0 amide bonds. The van der Waals surface area contributed by atoms with Crippen LogP contribution in [0.25, 0.3) is 0 Å². The maximum absolute atomic E-state index is 8.86. The van der Waals surface area contributed by atoms with E-state index in [1.165, 1.54) is 11.8 Å². The number of nitriles is 1. The molecule has 90 valence electrons. The minimum Gasteiger partial charge on any atom is -0.227 e. The number of hydrogen-bond donors (Lipinski definition) is 0. The summed E-state index contributed by atoms with van der Waals surface area (Å²) in [6.45, 7) is 6.00. The molecule has 0 radical (unpaired) electrons. The van der Waals surface area contributed by atoms with Gasteiger partial charge in [0.25, 0.3) is 0 Å². The first kappa shape index (κ1) is 12.6. The molecule has 18 heavy (non-hydrogen) atoms. The van der Waals surface area contributed by atoms with Gasteiger partial charge in [0.05, 0.1) is 11.6 Å². The zero-order valence-corrected chi connectivity index (χ0v) is 11.4. The first-order chi connectivity index (χ1) is 8.60. The van der Waals surface area contributed by atoms with Gasteiger partial charge in [0.15, 0.2) is 5.16 Å². The van der Waals surface area contributed by atoms with Crippen molar-refractivity contribution in [1.29, 1.82) is 5.26 Å². The van der Waals surface area contributed by atoms with Gasteiger partial charge in [-0.3, -0.25) is 0 Å². The maximum atomic E-state index is 8.86. The van der Waals surface area contributed by atoms with E-state index in [1.807, 2.05) is 39.0 Å². The van der Waals surface area contributed by atoms with Crippen LogP contribution in [0.3, 0.4) is 0 Å². The Hall–Kier alpha value is -1.86. The van der Waals surface area contributed by atoms with Crippen molar-refractivity contribution in [3.8, 4) is 6.07 Å². The second-order valence-electron chi connectivity index (χ2n) is 4.04. The van der Waals surface area contributed by atoms with Crippen LogP contribution < -0.4 is 0 Å². The third kappa shape index (κ3) is 2.69. The summed E-state index contributed by atoms with van der Waals surface area (Å²) < 4.78 is 0. The van der Waals surface area contributed by atoms with Crippen LogP contribution in [0.15, 0.2) is 34.3 Å². The predicted octanol–water partition coefficient (Wildman–Crippen LogP) is 3.42. The Labute approximate surface area is 111 Å². The Kier molecular flexibility index (Phi) is 3.63. The summed E-state index contributed by atoms with van der Waals surface area (Å²) >= 11 is 1.48. The van der Waals surface area contributed by atoms with E-state index in [1.54, 1.807) is 6.07 Å². The fourth-order valence-corrected chi connectivity index (χ4v) is 2.43. The first-order valence-corrected chi connectivity index (χ1v) is 6.41. The second-order valence-corrected chi connectivity index (χ2v) is 5.08. The van der Waals surface area contributed by atoms with Crippen LogP contribution in [0.5, 0.6) is 0 Å². The molecule has 0 spiro atoms. The zero-order chi connectivity index (χ0) is 13.1. The summed E-state index contributed by atoms with van der Waals surface area (Å²) in [5, 5.41) is 9.59. The molecule has 0 unspecified atom stereocenters. The van der Waals surface area contributed by atoms with E-state index >= 15 is 0 Å². The van der Waals surface area contributed by atoms with Gasteiger partial charge in [-0.15, -0.1) is 0 Å². The molecular formula is C14H13N3S. The van der Waals surface area contributed by atoms with E-state index in [0.29, 0.717) is 5.56 Å². The molecule has 0 aliphatic carbocycles. The highest BCUT2D eigenvalue weighted by Gasteiger charge is 2.06. The third-order valence-electron chi connectivity index (χ3n) is 2.78. The van der Waals surface area contributed by atoms with Gasteiger partial charge in [0.2, 0.25) is 0 Å². The summed E-state index contributed by atoms with van der Waals surface area (Å²) in [7, 11) is 0. The Morgan fingerprint density at radius 1 is 1.11 bits per heavy atom. The molecule has 0 aliphatic rings. The van der Waals surface area contributed by atoms with Crippen LogP contribution in [0.4, 0.5) is 0 Å². The van der Waals surface area contributed by atoms with Gasteiger partial charge in [0, 0.05) is 16.3 Å². The Morgan fingerprint density at radius 2 is 1.78 bits per heavy atom. The Morgan fingerprint density at radius 3 is 2.39 bits per heavy atom. The van der Waals surface area contributed by atoms with E-state index in [-0.39, 0.29) is 0 Å². The van der Waals surface area contributed by atoms with Gasteiger partial charge in [0.1, 0.15) is 0 Å². The van der Waals surface area contributed by atoms with Crippen molar-refractivity contribution in [2.75, 3.05) is 0 Å². The van der Waals surface area contributed by atoms with Crippen molar-refractivity contribution in [3.63, 3.8) is 0 Å². The van der Waals surface area contributed by atoms with Gasteiger partial charge in [-0.25, -0.2) is 9.97 Å². The van der Waals surface area contributed by atoms with Crippen LogP contribution in [-0.4, -0.2) is 9.97 Å². The average molecular weight is 255 g/mol. The van der Waals surface area contributed by atoms with Crippen molar-refractivity contribution in [3.05, 3.63) is 46.8 Å². The molecule has 0 fully saturated rings. The van der Waals surface area contributed by atoms with E-state index in [2.05, 4.69) is 16.0 Å². The first-order valence-electron chi connectivity index (χ1n) is 5.60. The molecule has 0 bridgehead atoms. The minimum atomic E-state index is 0.653. The standard InChI is InChI=1S/C14H13N3S/c1-9-10(2)16-14(17-11(9)3)18-13-6-4-5-12(7-13)8-15/h4-7H,1-3H3. The third-order valence-corrected chi connectivity index (χ3v) is 3.64. The second kappa shape index (κ2) is 5.19. The smallest absolute Gasteiger partial charge is 0.192 e. The van der Waals surface area contributed by atoms with Gasteiger partial charge < -0.3 is 0 Å². The number of aryl methyl sites for hydroxylation is 2. The van der Waals surface area contributed by atoms with Crippen molar-refractivity contribution >= 4 is 11.8 Å². The van der Waals surface area contributed by atoms with E-state index in [9.17, 15) is 0 Å². The van der Waals surface area contributed by atoms with Gasteiger partial charge >= 0.3 is 0 Å². The summed E-state index contributed by atoms with van der Waals surface area (Å²) in [6, 6.07) is 9.59. The molecule has 0 saturated carbocycles. The lowest BCUT2D eigenvalue weighted by Crippen LogP contribution is -1.97. The van der Waals surface area contributed by atoms with E-state index in [4.69, 9.17) is 5.26 Å². The highest BCUT2D eigenvalue weighted by Crippen LogP contribution is 2.26. The van der Waals surface area contributed by atoms with Gasteiger partial charge in [-0.2, -0.15) is 5.26 Å². The fraction of sp³-hybridized carbons (Fsp3) is 0.214. The molecule has 1 aromatic carbocycles. The SMILES string of the molecule is Cc1nc(Sc2cccc(C#N)c2)nc(C)c1C. The number of hydrogen-bond acceptors (Lipinski definition) is 4. The van der Waals surface area contributed by atoms with Crippen LogP contribution in [0.2, 0.25) is 0 Å². The predicted molar refractivity (Wildman–Crippen MR) is 71.5 cm³/mol. The lowest BCUT2D eigenvalue weighted by Gasteiger charge is -2.06. The average Bonchev–Trinajstić information content (AvgIpc) is 2.36. The molecule has 0 N–H and O–H groups in total. The largest absolute Gasteiger partial charge is 0.227 e. The van der Waals surface area contributed by atoms with Crippen molar-refractivity contribution in [2.45, 2.75) is 30.8 Å². The number of benzene rings is 1. The summed E-state index contributed by atoms with van der Waals surface area (Å²) in [4.78, 5) is 9.89. The monoisotopic (exact) mass is 255 g/mol. The van der Waals surface area contributed by atoms with Crippen LogP contribution in [0, 0.1) is 32.1 Å². The molecule has 3 nitrogen and oxygen atoms in total. The molecular weight excluding hydrogens is 242 g/mol. The van der Waals surface area contributed by atoms with Crippen LogP contribution in [-0.2, 0) is 0 Å². The fourth-order valence-electron chi connectivity index (χ4n) is 1.52. The van der Waals surface area contributed by atoms with Crippen LogP contribution >= 0.6 is 11.8 Å². The molecule has 0 aliphatic heterocycles. The molecule has 2 aromatic rings. The van der Waals surface area contributed by atoms with Gasteiger partial charge in [-0.1, -0.05) is 6.07 Å². The Balaban J connectivity index is 2.32. The maximum Gasteiger partial charge on any atom is 0.192 e. The highest BCUT2D eigenvalue weighted by molar-refractivity contribution is 7.99. The summed E-state index contributed by atoms with van der Waals surface area (Å²) in [6.07, 6.45) is 0. The van der Waals surface area contributed by atoms with Gasteiger partial charge in [-0.05, 0) is 56.3 Å². The molecule has 2 rings (SSSR count). The van der Waals surface area contributed by atoms with E-state index < -0.39 is 0 Å². The highest BCUT2D eigenvalue weighted by atomic mass is 32.2. The topological polar surface area (TPSA) is 49.6 Å². The minimum absolute atomic E-state index is 0.653. The lowest BCUT2D eigenvalue weighted by molar-refractivity contribution is 0.881. The summed E-state index contributed by atoms with van der Waals surface area (Å²) in [5.41, 5.74) is 3.79. The number of rotatable bonds is 2. The normalized spacial score (nSPS) is 10.1. The van der Waals surface area contributed by atoms with Crippen molar-refractivity contribution in [2.24, 2.45) is 0 Å². The molecule has 0 saturated heterocycles. The number of nitrogens with zero attached hydrogens (tertiary/aromatic N) is 3. The van der Waals surface area contributed by atoms with Crippen molar-refractivity contribution < 1.29 is 0 Å². The quantitative estimate of drug-likeness (QED) is 0.771. The lowest BCUT2D eigenvalue weighted by atomic mass is 10.2. The molecule has 1 heterocycles. The molecule has 0 atom stereocenters. The zero-order valence-electron chi connectivity index (χ0n) is 10.6.